The summed E-state index contributed by atoms with van der Waals surface area (Å²) in [7, 11) is 2.20. The molecule has 0 aromatic heterocycles. The Morgan fingerprint density at radius 2 is 2.00 bits per heavy atom. The van der Waals surface area contributed by atoms with Gasteiger partial charge in [0, 0.05) is 18.6 Å². The van der Waals surface area contributed by atoms with E-state index in [0.717, 1.165) is 25.6 Å². The minimum Gasteiger partial charge on any atom is -0.395 e. The molecule has 0 bridgehead atoms. The smallest absolute Gasteiger partial charge is 0.0597 e. The Balaban J connectivity index is 2.26. The van der Waals surface area contributed by atoms with Gasteiger partial charge in [-0.2, -0.15) is 0 Å². The number of aliphatic hydroxyl groups is 1. The maximum absolute atomic E-state index is 9.31. The topological polar surface area (TPSA) is 35.5 Å². The molecule has 1 rings (SSSR count). The first-order valence-electron chi connectivity index (χ1n) is 6.82. The highest BCUT2D eigenvalue weighted by molar-refractivity contribution is 4.77. The van der Waals surface area contributed by atoms with Crippen LogP contribution in [-0.2, 0) is 0 Å². The quantitative estimate of drug-likeness (QED) is 0.695. The number of aliphatic hydroxyl groups excluding tert-OH is 1. The molecule has 1 aliphatic carbocycles. The number of hydrogen-bond donors (Lipinski definition) is 2. The fourth-order valence-corrected chi connectivity index (χ4v) is 2.55. The molecule has 0 aromatic carbocycles. The van der Waals surface area contributed by atoms with Crippen LogP contribution in [0.1, 0.15) is 45.4 Å². The summed E-state index contributed by atoms with van der Waals surface area (Å²) < 4.78 is 0. The summed E-state index contributed by atoms with van der Waals surface area (Å²) in [6, 6.07) is 0.984. The summed E-state index contributed by atoms with van der Waals surface area (Å²) in [5.74, 6) is 0. The van der Waals surface area contributed by atoms with Crippen LogP contribution in [0.15, 0.2) is 0 Å². The first-order valence-corrected chi connectivity index (χ1v) is 6.82. The number of likely N-dealkylation sites (N-methyl/N-ethyl adjacent to an activating group) is 1. The van der Waals surface area contributed by atoms with Crippen LogP contribution in [0.5, 0.6) is 0 Å². The number of nitrogens with one attached hydrogen (secondary N) is 1. The van der Waals surface area contributed by atoms with Gasteiger partial charge in [0.15, 0.2) is 0 Å². The fraction of sp³-hybridized carbons (Fsp3) is 1.00. The molecule has 0 radical (unpaired) electrons. The Bertz CT molecular complexity index is 169. The largest absolute Gasteiger partial charge is 0.395 e. The lowest BCUT2D eigenvalue weighted by Crippen LogP contribution is -2.46. The van der Waals surface area contributed by atoms with E-state index in [-0.39, 0.29) is 12.6 Å². The van der Waals surface area contributed by atoms with Crippen molar-refractivity contribution < 1.29 is 5.11 Å². The number of nitrogens with zero attached hydrogens (tertiary/aromatic N) is 1. The monoisotopic (exact) mass is 228 g/mol. The molecule has 1 saturated carbocycles. The molecule has 16 heavy (non-hydrogen) atoms. The summed E-state index contributed by atoms with van der Waals surface area (Å²) in [5, 5.41) is 12.7. The summed E-state index contributed by atoms with van der Waals surface area (Å²) in [6.07, 6.45) is 7.96. The lowest BCUT2D eigenvalue weighted by Gasteiger charge is -2.33. The third kappa shape index (κ3) is 4.81. The van der Waals surface area contributed by atoms with Crippen LogP contribution in [-0.4, -0.2) is 48.8 Å². The van der Waals surface area contributed by atoms with Gasteiger partial charge in [-0.15, -0.1) is 0 Å². The summed E-state index contributed by atoms with van der Waals surface area (Å²) >= 11 is 0. The van der Waals surface area contributed by atoms with Crippen molar-refractivity contribution in [2.45, 2.75) is 57.5 Å². The van der Waals surface area contributed by atoms with Crippen molar-refractivity contribution in [1.29, 1.82) is 0 Å². The van der Waals surface area contributed by atoms with E-state index >= 15 is 0 Å². The van der Waals surface area contributed by atoms with Crippen LogP contribution in [0.25, 0.3) is 0 Å². The molecule has 0 saturated heterocycles. The molecule has 1 aliphatic rings. The van der Waals surface area contributed by atoms with E-state index in [1.807, 2.05) is 0 Å². The van der Waals surface area contributed by atoms with Gasteiger partial charge in [0.1, 0.15) is 0 Å². The Labute approximate surface area is 100 Å². The van der Waals surface area contributed by atoms with Gasteiger partial charge in [-0.1, -0.05) is 26.2 Å². The first-order chi connectivity index (χ1) is 7.77. The maximum atomic E-state index is 9.31. The second kappa shape index (κ2) is 8.04. The van der Waals surface area contributed by atoms with Gasteiger partial charge in [0.25, 0.3) is 0 Å². The van der Waals surface area contributed by atoms with Crippen LogP contribution in [0.2, 0.25) is 0 Å². The zero-order valence-electron chi connectivity index (χ0n) is 10.9. The van der Waals surface area contributed by atoms with Crippen molar-refractivity contribution in [1.82, 2.24) is 10.2 Å². The van der Waals surface area contributed by atoms with Crippen molar-refractivity contribution in [2.75, 3.05) is 26.7 Å². The van der Waals surface area contributed by atoms with Crippen LogP contribution in [0, 0.1) is 0 Å². The molecule has 1 fully saturated rings. The average molecular weight is 228 g/mol. The van der Waals surface area contributed by atoms with Crippen molar-refractivity contribution >= 4 is 0 Å². The lowest BCUT2D eigenvalue weighted by atomic mass is 9.94. The number of rotatable bonds is 7. The van der Waals surface area contributed by atoms with Crippen LogP contribution >= 0.6 is 0 Å². The van der Waals surface area contributed by atoms with Gasteiger partial charge < -0.3 is 15.3 Å². The van der Waals surface area contributed by atoms with E-state index in [1.54, 1.807) is 0 Å². The zero-order chi connectivity index (χ0) is 11.8. The molecule has 0 aromatic rings. The third-order valence-corrected chi connectivity index (χ3v) is 3.61. The van der Waals surface area contributed by atoms with Gasteiger partial charge in [-0.05, 0) is 32.9 Å². The zero-order valence-corrected chi connectivity index (χ0v) is 10.9. The van der Waals surface area contributed by atoms with Crippen molar-refractivity contribution in [3.05, 3.63) is 0 Å². The predicted octanol–water partition coefficient (Wildman–Crippen LogP) is 1.61. The highest BCUT2D eigenvalue weighted by atomic mass is 16.3. The minimum atomic E-state index is 0.242. The fourth-order valence-electron chi connectivity index (χ4n) is 2.55. The second-order valence-corrected chi connectivity index (χ2v) is 5.07. The van der Waals surface area contributed by atoms with E-state index < -0.39 is 0 Å². The van der Waals surface area contributed by atoms with Gasteiger partial charge >= 0.3 is 0 Å². The molecule has 3 nitrogen and oxygen atoms in total. The SMILES string of the molecule is CCCNC(CO)CN(C)C1CCCCC1. The molecule has 0 aliphatic heterocycles. The third-order valence-electron chi connectivity index (χ3n) is 3.61. The predicted molar refractivity (Wildman–Crippen MR) is 68.7 cm³/mol. The first kappa shape index (κ1) is 13.9. The molecule has 2 N–H and O–H groups in total. The summed E-state index contributed by atoms with van der Waals surface area (Å²) in [5.41, 5.74) is 0. The molecule has 0 amide bonds. The molecule has 1 unspecified atom stereocenters. The van der Waals surface area contributed by atoms with E-state index in [1.165, 1.54) is 32.1 Å². The molecule has 3 heteroatoms. The van der Waals surface area contributed by atoms with Gasteiger partial charge in [0.2, 0.25) is 0 Å². The second-order valence-electron chi connectivity index (χ2n) is 5.07. The molecular formula is C13H28N2O. The van der Waals surface area contributed by atoms with Crippen molar-refractivity contribution in [2.24, 2.45) is 0 Å². The molecule has 1 atom stereocenters. The molecule has 0 spiro atoms. The van der Waals surface area contributed by atoms with Gasteiger partial charge in [0.05, 0.1) is 6.61 Å². The van der Waals surface area contributed by atoms with Crippen molar-refractivity contribution in [3.63, 3.8) is 0 Å². The Kier molecular flexibility index (Phi) is 7.01. The summed E-state index contributed by atoms with van der Waals surface area (Å²) in [6.45, 7) is 4.38. The molecule has 0 heterocycles. The van der Waals surface area contributed by atoms with Crippen molar-refractivity contribution in [3.8, 4) is 0 Å². The highest BCUT2D eigenvalue weighted by Gasteiger charge is 2.20. The Morgan fingerprint density at radius 3 is 2.56 bits per heavy atom. The molecular weight excluding hydrogens is 200 g/mol. The normalized spacial score (nSPS) is 20.2. The maximum Gasteiger partial charge on any atom is 0.0597 e. The Morgan fingerprint density at radius 1 is 1.31 bits per heavy atom. The summed E-state index contributed by atoms with van der Waals surface area (Å²) in [4.78, 5) is 2.43. The van der Waals surface area contributed by atoms with E-state index in [9.17, 15) is 5.11 Å². The van der Waals surface area contributed by atoms with Gasteiger partial charge in [-0.25, -0.2) is 0 Å². The molecule has 96 valence electrons. The highest BCUT2D eigenvalue weighted by Crippen LogP contribution is 2.21. The van der Waals surface area contributed by atoms with Gasteiger partial charge in [-0.3, -0.25) is 0 Å². The van der Waals surface area contributed by atoms with E-state index in [4.69, 9.17) is 0 Å². The number of hydrogen-bond acceptors (Lipinski definition) is 3. The van der Waals surface area contributed by atoms with Crippen LogP contribution in [0.3, 0.4) is 0 Å². The Hall–Kier alpha value is -0.120. The van der Waals surface area contributed by atoms with Crippen LogP contribution < -0.4 is 5.32 Å². The van der Waals surface area contributed by atoms with Crippen LogP contribution in [0.4, 0.5) is 0 Å². The lowest BCUT2D eigenvalue weighted by molar-refractivity contribution is 0.146. The van der Waals surface area contributed by atoms with E-state index in [2.05, 4.69) is 24.2 Å². The standard InChI is InChI=1S/C13H28N2O/c1-3-9-14-12(11-16)10-15(2)13-7-5-4-6-8-13/h12-14,16H,3-11H2,1-2H3. The minimum absolute atomic E-state index is 0.242. The van der Waals surface area contributed by atoms with E-state index in [0.29, 0.717) is 0 Å². The average Bonchev–Trinajstić information content (AvgIpc) is 2.35.